The van der Waals surface area contributed by atoms with Crippen molar-refractivity contribution in [3.63, 3.8) is 0 Å². The maximum atomic E-state index is 5.28. The summed E-state index contributed by atoms with van der Waals surface area (Å²) in [6, 6.07) is 8.12. The third kappa shape index (κ3) is 1.92. The van der Waals surface area contributed by atoms with Gasteiger partial charge in [0.2, 0.25) is 0 Å². The predicted molar refractivity (Wildman–Crippen MR) is 60.2 cm³/mol. The molecule has 2 rings (SSSR count). The molecule has 2 nitrogen and oxygen atoms in total. The molecule has 0 unspecified atom stereocenters. The van der Waals surface area contributed by atoms with Crippen LogP contribution in [0, 0.1) is 11.8 Å². The summed E-state index contributed by atoms with van der Waals surface area (Å²) in [5.41, 5.74) is 6.33. The molecule has 0 aliphatic heterocycles. The molecule has 2 aromatic rings. The molecule has 0 amide bonds. The fourth-order valence-electron chi connectivity index (χ4n) is 1.21. The van der Waals surface area contributed by atoms with Gasteiger partial charge >= 0.3 is 0 Å². The highest BCUT2D eigenvalue weighted by atomic mass is 32.1. The van der Waals surface area contributed by atoms with Crippen LogP contribution < -0.4 is 5.73 Å². The Hall–Kier alpha value is -1.37. The molecule has 0 bridgehead atoms. The summed E-state index contributed by atoms with van der Waals surface area (Å²) in [6.07, 6.45) is 0.705. The van der Waals surface area contributed by atoms with Crippen LogP contribution >= 0.6 is 11.3 Å². The minimum atomic E-state index is 0.422. The molecule has 0 radical (unpaired) electrons. The number of rotatable bonds is 1. The zero-order valence-electron chi connectivity index (χ0n) is 7.66. The Kier molecular flexibility index (Phi) is 2.78. The van der Waals surface area contributed by atoms with Crippen LogP contribution in [0.5, 0.6) is 0 Å². The van der Waals surface area contributed by atoms with Crippen molar-refractivity contribution >= 4 is 21.6 Å². The lowest BCUT2D eigenvalue weighted by molar-refractivity contribution is 1.23. The molecule has 0 aliphatic rings. The molecular formula is C11H10N2S. The quantitative estimate of drug-likeness (QED) is 0.716. The summed E-state index contributed by atoms with van der Waals surface area (Å²) in [5, 5.41) is 1.06. The average molecular weight is 202 g/mol. The van der Waals surface area contributed by atoms with Crippen molar-refractivity contribution in [1.29, 1.82) is 0 Å². The van der Waals surface area contributed by atoms with Gasteiger partial charge in [-0.05, 0) is 12.1 Å². The topological polar surface area (TPSA) is 38.9 Å². The van der Waals surface area contributed by atoms with Crippen LogP contribution in [0.3, 0.4) is 0 Å². The number of para-hydroxylation sites is 1. The minimum Gasteiger partial charge on any atom is -0.320 e. The van der Waals surface area contributed by atoms with Crippen LogP contribution in [0.2, 0.25) is 0 Å². The second kappa shape index (κ2) is 4.23. The lowest BCUT2D eigenvalue weighted by atomic mass is 10.3. The maximum absolute atomic E-state index is 5.28. The van der Waals surface area contributed by atoms with E-state index in [4.69, 9.17) is 5.73 Å². The normalized spacial score (nSPS) is 9.79. The van der Waals surface area contributed by atoms with Crippen LogP contribution in [0.1, 0.15) is 5.01 Å². The van der Waals surface area contributed by atoms with E-state index in [1.165, 1.54) is 4.70 Å². The first kappa shape index (κ1) is 9.20. The van der Waals surface area contributed by atoms with E-state index in [0.29, 0.717) is 13.0 Å². The van der Waals surface area contributed by atoms with Crippen molar-refractivity contribution < 1.29 is 0 Å². The number of nitrogens with zero attached hydrogens (tertiary/aromatic N) is 1. The Morgan fingerprint density at radius 3 is 2.93 bits per heavy atom. The first-order valence-electron chi connectivity index (χ1n) is 4.40. The number of hydrogen-bond donors (Lipinski definition) is 1. The molecule has 1 aromatic carbocycles. The Bertz CT molecular complexity index is 457. The highest BCUT2D eigenvalue weighted by Gasteiger charge is 2.00. The van der Waals surface area contributed by atoms with Crippen LogP contribution in [0.15, 0.2) is 24.3 Å². The first-order valence-corrected chi connectivity index (χ1v) is 5.22. The number of hydrogen-bond acceptors (Lipinski definition) is 3. The van der Waals surface area contributed by atoms with Crippen molar-refractivity contribution in [2.75, 3.05) is 6.54 Å². The third-order valence-corrected chi connectivity index (χ3v) is 2.84. The molecule has 0 saturated heterocycles. The lowest BCUT2D eigenvalue weighted by Crippen LogP contribution is -1.93. The molecule has 1 aromatic heterocycles. The fraction of sp³-hybridized carbons (Fsp3) is 0.182. The second-order valence-electron chi connectivity index (χ2n) is 2.81. The highest BCUT2D eigenvalue weighted by Crippen LogP contribution is 2.21. The molecule has 3 heteroatoms. The third-order valence-electron chi connectivity index (χ3n) is 1.80. The number of thiazole rings is 1. The van der Waals surface area contributed by atoms with Crippen LogP contribution in [0.4, 0.5) is 0 Å². The molecule has 2 N–H and O–H groups in total. The standard InChI is InChI=1S/C11H10N2S/c12-8-4-3-7-11-13-9-5-1-2-6-10(9)14-11/h1-2,5-6H,7-8,12H2. The first-order chi connectivity index (χ1) is 6.90. The van der Waals surface area contributed by atoms with Crippen molar-refractivity contribution in [3.05, 3.63) is 29.3 Å². The summed E-state index contributed by atoms with van der Waals surface area (Å²) < 4.78 is 1.22. The fourth-order valence-corrected chi connectivity index (χ4v) is 2.11. The minimum absolute atomic E-state index is 0.422. The van der Waals surface area contributed by atoms with Crippen molar-refractivity contribution in [2.45, 2.75) is 6.42 Å². The number of fused-ring (bicyclic) bond motifs is 1. The molecule has 70 valence electrons. The molecule has 0 atom stereocenters. The largest absolute Gasteiger partial charge is 0.320 e. The van der Waals surface area contributed by atoms with Gasteiger partial charge in [-0.3, -0.25) is 0 Å². The number of aromatic nitrogens is 1. The summed E-state index contributed by atoms with van der Waals surface area (Å²) in [6.45, 7) is 0.422. The summed E-state index contributed by atoms with van der Waals surface area (Å²) in [4.78, 5) is 4.46. The van der Waals surface area contributed by atoms with Gasteiger partial charge in [0.1, 0.15) is 5.01 Å². The van der Waals surface area contributed by atoms with Crippen LogP contribution in [-0.4, -0.2) is 11.5 Å². The van der Waals surface area contributed by atoms with Gasteiger partial charge in [-0.15, -0.1) is 11.3 Å². The van der Waals surface area contributed by atoms with E-state index in [2.05, 4.69) is 22.9 Å². The molecule has 14 heavy (non-hydrogen) atoms. The van der Waals surface area contributed by atoms with Crippen molar-refractivity contribution in [1.82, 2.24) is 4.98 Å². The maximum Gasteiger partial charge on any atom is 0.106 e. The van der Waals surface area contributed by atoms with E-state index < -0.39 is 0 Å². The Morgan fingerprint density at radius 2 is 2.14 bits per heavy atom. The molecule has 0 spiro atoms. The predicted octanol–water partition coefficient (Wildman–Crippen LogP) is 1.80. The van der Waals surface area contributed by atoms with Crippen molar-refractivity contribution in [3.8, 4) is 11.8 Å². The number of benzene rings is 1. The van der Waals surface area contributed by atoms with E-state index in [1.54, 1.807) is 11.3 Å². The highest BCUT2D eigenvalue weighted by molar-refractivity contribution is 7.18. The van der Waals surface area contributed by atoms with Crippen LogP contribution in [-0.2, 0) is 6.42 Å². The van der Waals surface area contributed by atoms with Gasteiger partial charge in [-0.25, -0.2) is 4.98 Å². The van der Waals surface area contributed by atoms with E-state index in [9.17, 15) is 0 Å². The van der Waals surface area contributed by atoms with E-state index in [-0.39, 0.29) is 0 Å². The van der Waals surface area contributed by atoms with Gasteiger partial charge in [0.15, 0.2) is 0 Å². The summed E-state index contributed by atoms with van der Waals surface area (Å²) in [7, 11) is 0. The molecular weight excluding hydrogens is 192 g/mol. The lowest BCUT2D eigenvalue weighted by Gasteiger charge is -1.81. The van der Waals surface area contributed by atoms with Gasteiger partial charge in [-0.1, -0.05) is 24.0 Å². The monoisotopic (exact) mass is 202 g/mol. The average Bonchev–Trinajstić information content (AvgIpc) is 2.60. The van der Waals surface area contributed by atoms with Gasteiger partial charge < -0.3 is 5.73 Å². The van der Waals surface area contributed by atoms with Gasteiger partial charge in [0.25, 0.3) is 0 Å². The number of nitrogens with two attached hydrogens (primary N) is 1. The van der Waals surface area contributed by atoms with Gasteiger partial charge in [-0.2, -0.15) is 0 Å². The second-order valence-corrected chi connectivity index (χ2v) is 3.92. The molecule has 0 fully saturated rings. The van der Waals surface area contributed by atoms with Gasteiger partial charge in [0.05, 0.1) is 23.2 Å². The molecule has 0 saturated carbocycles. The SMILES string of the molecule is NCC#CCc1nc2ccccc2s1. The van der Waals surface area contributed by atoms with Crippen molar-refractivity contribution in [2.24, 2.45) is 5.73 Å². The zero-order chi connectivity index (χ0) is 9.80. The molecule has 0 aliphatic carbocycles. The Balaban J connectivity index is 2.27. The zero-order valence-corrected chi connectivity index (χ0v) is 8.47. The smallest absolute Gasteiger partial charge is 0.106 e. The summed E-state index contributed by atoms with van der Waals surface area (Å²) >= 11 is 1.69. The van der Waals surface area contributed by atoms with E-state index in [0.717, 1.165) is 10.5 Å². The Labute approximate surface area is 86.8 Å². The molecule has 1 heterocycles. The summed E-state index contributed by atoms with van der Waals surface area (Å²) in [5.74, 6) is 5.82. The Morgan fingerprint density at radius 1 is 1.29 bits per heavy atom. The van der Waals surface area contributed by atoms with Crippen LogP contribution in [0.25, 0.3) is 10.2 Å². The van der Waals surface area contributed by atoms with Gasteiger partial charge in [0, 0.05) is 0 Å². The van der Waals surface area contributed by atoms with E-state index in [1.807, 2.05) is 18.2 Å². The van der Waals surface area contributed by atoms with E-state index >= 15 is 0 Å².